The predicted molar refractivity (Wildman–Crippen MR) is 311 cm³/mol. The Morgan fingerprint density at radius 2 is 0.542 bits per heavy atom. The van der Waals surface area contributed by atoms with Crippen molar-refractivity contribution in [3.63, 3.8) is 0 Å². The number of carbonyl (C=O) groups excluding carboxylic acids is 3. The van der Waals surface area contributed by atoms with Crippen molar-refractivity contribution in [3.8, 4) is 0 Å². The van der Waals surface area contributed by atoms with Gasteiger partial charge in [0.25, 0.3) is 0 Å². The minimum absolute atomic E-state index is 0.0749. The van der Waals surface area contributed by atoms with Crippen LogP contribution in [0.4, 0.5) is 0 Å². The average Bonchev–Trinajstić information content (AvgIpc) is 3.38. The maximum absolute atomic E-state index is 12.8. The molecule has 72 heavy (non-hydrogen) atoms. The van der Waals surface area contributed by atoms with Crippen molar-refractivity contribution in [3.05, 3.63) is 97.2 Å². The largest absolute Gasteiger partial charge is 0.462 e. The molecule has 0 heterocycles. The van der Waals surface area contributed by atoms with Gasteiger partial charge in [-0.1, -0.05) is 279 Å². The second-order valence-corrected chi connectivity index (χ2v) is 19.9. The number of unbranched alkanes of at least 4 members (excludes halogenated alkanes) is 27. The molecule has 6 nitrogen and oxygen atoms in total. The fourth-order valence-corrected chi connectivity index (χ4v) is 8.34. The lowest BCUT2D eigenvalue weighted by Crippen LogP contribution is -2.30. The summed E-state index contributed by atoms with van der Waals surface area (Å²) in [4.78, 5) is 37.8. The first kappa shape index (κ1) is 68.3. The molecule has 0 aromatic heterocycles. The van der Waals surface area contributed by atoms with Crippen LogP contribution in [0.3, 0.4) is 0 Å². The van der Waals surface area contributed by atoms with Gasteiger partial charge in [0.15, 0.2) is 6.10 Å². The Kier molecular flexibility index (Phi) is 56.8. The maximum atomic E-state index is 12.8. The molecule has 0 aromatic rings. The molecule has 0 saturated carbocycles. The third-order valence-corrected chi connectivity index (χ3v) is 12.9. The van der Waals surface area contributed by atoms with Crippen molar-refractivity contribution in [1.82, 2.24) is 0 Å². The van der Waals surface area contributed by atoms with Crippen LogP contribution in [0, 0.1) is 0 Å². The Bertz CT molecular complexity index is 1430. The summed E-state index contributed by atoms with van der Waals surface area (Å²) in [5.41, 5.74) is 0. The van der Waals surface area contributed by atoms with Gasteiger partial charge < -0.3 is 14.2 Å². The molecule has 0 radical (unpaired) electrons. The number of carbonyl (C=O) groups is 3. The van der Waals surface area contributed by atoms with Crippen molar-refractivity contribution in [2.45, 2.75) is 290 Å². The zero-order valence-corrected chi connectivity index (χ0v) is 47.2. The minimum atomic E-state index is -0.772. The molecule has 1 atom stereocenters. The molecule has 1 unspecified atom stereocenters. The Hall–Kier alpha value is -3.67. The second kappa shape index (κ2) is 59.9. The van der Waals surface area contributed by atoms with E-state index in [4.69, 9.17) is 14.2 Å². The van der Waals surface area contributed by atoms with Gasteiger partial charge in [-0.15, -0.1) is 0 Å². The van der Waals surface area contributed by atoms with E-state index >= 15 is 0 Å². The zero-order valence-electron chi connectivity index (χ0n) is 47.2. The molecule has 0 aliphatic rings. The van der Waals surface area contributed by atoms with E-state index in [1.165, 1.54) is 135 Å². The first-order valence-electron chi connectivity index (χ1n) is 30.2. The first-order chi connectivity index (χ1) is 35.5. The minimum Gasteiger partial charge on any atom is -0.462 e. The molecule has 0 aromatic carbocycles. The SMILES string of the molecule is CC/C=C\C/C=C\C/C=C\C/C=C\C/C=C\C/C=C\C/C=C\C/C=C\CCCCCCCCCCCCC(=O)OCC(COC(=O)CCCCCCCC)OC(=O)CCCCCCCCCCCCCCC. The number of esters is 3. The van der Waals surface area contributed by atoms with Gasteiger partial charge in [-0.05, 0) is 83.5 Å². The van der Waals surface area contributed by atoms with Gasteiger partial charge in [0, 0.05) is 19.3 Å². The number of hydrogen-bond acceptors (Lipinski definition) is 6. The van der Waals surface area contributed by atoms with Crippen LogP contribution in [0.25, 0.3) is 0 Å². The molecule has 0 aliphatic carbocycles. The molecule has 0 rings (SSSR count). The van der Waals surface area contributed by atoms with Gasteiger partial charge in [-0.2, -0.15) is 0 Å². The fourth-order valence-electron chi connectivity index (χ4n) is 8.34. The summed E-state index contributed by atoms with van der Waals surface area (Å²) in [5.74, 6) is -0.883. The lowest BCUT2D eigenvalue weighted by Gasteiger charge is -2.18. The van der Waals surface area contributed by atoms with Crippen molar-refractivity contribution >= 4 is 17.9 Å². The van der Waals surface area contributed by atoms with Crippen LogP contribution in [0.15, 0.2) is 97.2 Å². The van der Waals surface area contributed by atoms with E-state index < -0.39 is 6.10 Å². The van der Waals surface area contributed by atoms with Crippen molar-refractivity contribution in [1.29, 1.82) is 0 Å². The Labute approximate surface area is 445 Å². The second-order valence-electron chi connectivity index (χ2n) is 19.9. The van der Waals surface area contributed by atoms with E-state index in [1.54, 1.807) is 0 Å². The van der Waals surface area contributed by atoms with Gasteiger partial charge >= 0.3 is 17.9 Å². The third-order valence-electron chi connectivity index (χ3n) is 12.9. The molecule has 0 bridgehead atoms. The van der Waals surface area contributed by atoms with E-state index in [2.05, 4.69) is 118 Å². The maximum Gasteiger partial charge on any atom is 0.306 e. The molecular formula is C66H112O6. The summed E-state index contributed by atoms with van der Waals surface area (Å²) in [6, 6.07) is 0. The normalized spacial score (nSPS) is 12.8. The lowest BCUT2D eigenvalue weighted by atomic mass is 10.0. The highest BCUT2D eigenvalue weighted by molar-refractivity contribution is 5.71. The Morgan fingerprint density at radius 3 is 0.847 bits per heavy atom. The Morgan fingerprint density at radius 1 is 0.292 bits per heavy atom. The molecule has 412 valence electrons. The fraction of sp³-hybridized carbons (Fsp3) is 0.712. The predicted octanol–water partition coefficient (Wildman–Crippen LogP) is 20.5. The summed E-state index contributed by atoms with van der Waals surface area (Å²) >= 11 is 0. The smallest absolute Gasteiger partial charge is 0.306 e. The summed E-state index contributed by atoms with van der Waals surface area (Å²) in [5, 5.41) is 0. The van der Waals surface area contributed by atoms with E-state index in [-0.39, 0.29) is 31.1 Å². The Balaban J connectivity index is 4.02. The van der Waals surface area contributed by atoms with Crippen molar-refractivity contribution in [2.24, 2.45) is 0 Å². The van der Waals surface area contributed by atoms with Crippen LogP contribution in [0.1, 0.15) is 284 Å². The standard InChI is InChI=1S/C66H112O6/c1-4-7-10-13-16-18-20-22-23-24-25-26-27-28-29-30-31-32-33-34-35-36-37-38-39-40-41-42-43-45-46-48-50-53-56-59-65(68)71-62-63(61-70-64(67)58-55-52-15-12-9-6-3)72-66(69)60-57-54-51-49-47-44-21-19-17-14-11-8-5-2/h7,10,16,18,22-23,25-26,28-29,31-32,34-35,37-38,63H,4-6,8-9,11-15,17,19-21,24,27,30,33,36,39-62H2,1-3H3/b10-7-,18-16-,23-22-,26-25-,29-28-,32-31-,35-34-,38-37-. The third kappa shape index (κ3) is 57.2. The van der Waals surface area contributed by atoms with E-state index in [9.17, 15) is 14.4 Å². The molecule has 6 heteroatoms. The molecule has 0 saturated heterocycles. The average molecular weight is 1000 g/mol. The van der Waals surface area contributed by atoms with Gasteiger partial charge in [0.2, 0.25) is 0 Å². The van der Waals surface area contributed by atoms with Gasteiger partial charge in [-0.3, -0.25) is 14.4 Å². The zero-order chi connectivity index (χ0) is 52.2. The van der Waals surface area contributed by atoms with E-state index in [0.717, 1.165) is 109 Å². The van der Waals surface area contributed by atoms with Crippen molar-refractivity contribution < 1.29 is 28.6 Å². The number of rotatable bonds is 54. The van der Waals surface area contributed by atoms with Crippen LogP contribution in [0.5, 0.6) is 0 Å². The van der Waals surface area contributed by atoms with Gasteiger partial charge in [-0.25, -0.2) is 0 Å². The van der Waals surface area contributed by atoms with Gasteiger partial charge in [0.05, 0.1) is 0 Å². The highest BCUT2D eigenvalue weighted by atomic mass is 16.6. The molecule has 0 spiro atoms. The highest BCUT2D eigenvalue weighted by Crippen LogP contribution is 2.16. The van der Waals surface area contributed by atoms with Crippen LogP contribution in [-0.2, 0) is 28.6 Å². The first-order valence-corrected chi connectivity index (χ1v) is 30.2. The molecule has 0 fully saturated rings. The topological polar surface area (TPSA) is 78.9 Å². The number of ether oxygens (including phenoxy) is 3. The summed E-state index contributed by atoms with van der Waals surface area (Å²) in [7, 11) is 0. The van der Waals surface area contributed by atoms with Crippen LogP contribution < -0.4 is 0 Å². The highest BCUT2D eigenvalue weighted by Gasteiger charge is 2.19. The summed E-state index contributed by atoms with van der Waals surface area (Å²) in [6.07, 6.45) is 80.2. The molecule has 0 aliphatic heterocycles. The van der Waals surface area contributed by atoms with E-state index in [1.807, 2.05) is 0 Å². The molecule has 0 N–H and O–H groups in total. The lowest BCUT2D eigenvalue weighted by molar-refractivity contribution is -0.167. The van der Waals surface area contributed by atoms with Crippen molar-refractivity contribution in [2.75, 3.05) is 13.2 Å². The summed E-state index contributed by atoms with van der Waals surface area (Å²) < 4.78 is 16.7. The number of allylic oxidation sites excluding steroid dienone is 16. The van der Waals surface area contributed by atoms with E-state index in [0.29, 0.717) is 19.3 Å². The molecule has 0 amide bonds. The number of hydrogen-bond donors (Lipinski definition) is 0. The summed E-state index contributed by atoms with van der Waals surface area (Å²) in [6.45, 7) is 6.47. The monoisotopic (exact) mass is 1000 g/mol. The van der Waals surface area contributed by atoms with Crippen LogP contribution >= 0.6 is 0 Å². The van der Waals surface area contributed by atoms with Crippen LogP contribution in [-0.4, -0.2) is 37.2 Å². The quantitative estimate of drug-likeness (QED) is 0.0261. The van der Waals surface area contributed by atoms with Crippen LogP contribution in [0.2, 0.25) is 0 Å². The van der Waals surface area contributed by atoms with Gasteiger partial charge in [0.1, 0.15) is 13.2 Å². The molecular weight excluding hydrogens is 889 g/mol.